The minimum Gasteiger partial charge on any atom is -0.383 e. The first-order valence-electron chi connectivity index (χ1n) is 8.05. The first kappa shape index (κ1) is 19.3. The summed E-state index contributed by atoms with van der Waals surface area (Å²) in [6.45, 7) is 4.48. The number of hydrogen-bond donors (Lipinski definition) is 2. The van der Waals surface area contributed by atoms with Crippen LogP contribution in [0, 0.1) is 0 Å². The highest BCUT2D eigenvalue weighted by Crippen LogP contribution is 2.39. The zero-order valence-electron chi connectivity index (χ0n) is 14.1. The van der Waals surface area contributed by atoms with Gasteiger partial charge < -0.3 is 20.5 Å². The highest BCUT2D eigenvalue weighted by Gasteiger charge is 2.36. The first-order valence-corrected chi connectivity index (χ1v) is 8.81. The molecule has 1 heterocycles. The molecule has 0 bridgehead atoms. The van der Waals surface area contributed by atoms with Crippen molar-refractivity contribution in [2.24, 2.45) is 10.7 Å². The van der Waals surface area contributed by atoms with Gasteiger partial charge in [0.1, 0.15) is 0 Å². The highest BCUT2D eigenvalue weighted by molar-refractivity contribution is 6.35. The lowest BCUT2D eigenvalue weighted by Gasteiger charge is -2.37. The lowest BCUT2D eigenvalue weighted by molar-refractivity contribution is 0.0531. The summed E-state index contributed by atoms with van der Waals surface area (Å²) in [5.74, 6) is 0.413. The maximum Gasteiger partial charge on any atom is 0.188 e. The zero-order chi connectivity index (χ0) is 17.6. The molecule has 0 spiro atoms. The van der Waals surface area contributed by atoms with Gasteiger partial charge in [-0.25, -0.2) is 0 Å². The maximum absolute atomic E-state index is 6.46. The van der Waals surface area contributed by atoms with Crippen LogP contribution in [0.25, 0.3) is 0 Å². The van der Waals surface area contributed by atoms with Gasteiger partial charge in [-0.1, -0.05) is 29.3 Å². The normalized spacial score (nSPS) is 19.1. The summed E-state index contributed by atoms with van der Waals surface area (Å²) >= 11 is 12.5. The fourth-order valence-electron chi connectivity index (χ4n) is 3.02. The van der Waals surface area contributed by atoms with E-state index in [4.69, 9.17) is 38.4 Å². The van der Waals surface area contributed by atoms with E-state index in [0.717, 1.165) is 18.4 Å². The third-order valence-corrected chi connectivity index (χ3v) is 4.86. The summed E-state index contributed by atoms with van der Waals surface area (Å²) in [7, 11) is 1.66. The maximum atomic E-state index is 6.46. The molecule has 1 saturated heterocycles. The van der Waals surface area contributed by atoms with Crippen molar-refractivity contribution in [2.75, 3.05) is 33.5 Å². The molecule has 5 nitrogen and oxygen atoms in total. The Morgan fingerprint density at radius 3 is 2.75 bits per heavy atom. The lowest BCUT2D eigenvalue weighted by Crippen LogP contribution is -2.43. The average Bonchev–Trinajstić information content (AvgIpc) is 2.54. The molecule has 1 atom stereocenters. The Morgan fingerprint density at radius 1 is 1.42 bits per heavy atom. The Hall–Kier alpha value is -1.01. The van der Waals surface area contributed by atoms with Crippen LogP contribution in [0.2, 0.25) is 10.0 Å². The van der Waals surface area contributed by atoms with Crippen LogP contribution < -0.4 is 11.1 Å². The molecule has 24 heavy (non-hydrogen) atoms. The smallest absolute Gasteiger partial charge is 0.188 e. The van der Waals surface area contributed by atoms with Gasteiger partial charge in [0.2, 0.25) is 0 Å². The predicted molar refractivity (Wildman–Crippen MR) is 99.2 cm³/mol. The lowest BCUT2D eigenvalue weighted by atomic mass is 9.74. The van der Waals surface area contributed by atoms with E-state index in [1.165, 1.54) is 0 Å². The number of ether oxygens (including phenoxy) is 2. The second-order valence-electron chi connectivity index (χ2n) is 6.22. The van der Waals surface area contributed by atoms with E-state index in [1.807, 2.05) is 19.1 Å². The number of methoxy groups -OCH3 is 1. The van der Waals surface area contributed by atoms with Crippen molar-refractivity contribution >= 4 is 29.2 Å². The molecule has 134 valence electrons. The Bertz CT molecular complexity index is 575. The van der Waals surface area contributed by atoms with E-state index >= 15 is 0 Å². The molecule has 0 aliphatic carbocycles. The van der Waals surface area contributed by atoms with E-state index in [0.29, 0.717) is 42.4 Å². The molecular formula is C17H25Cl2N3O2. The molecule has 0 aromatic heterocycles. The van der Waals surface area contributed by atoms with Crippen LogP contribution >= 0.6 is 23.2 Å². The van der Waals surface area contributed by atoms with Crippen molar-refractivity contribution in [3.8, 4) is 0 Å². The third-order valence-electron chi connectivity index (χ3n) is 4.32. The van der Waals surface area contributed by atoms with Crippen molar-refractivity contribution in [2.45, 2.75) is 31.2 Å². The molecule has 7 heteroatoms. The number of nitrogens with one attached hydrogen (secondary N) is 1. The van der Waals surface area contributed by atoms with Crippen molar-refractivity contribution < 1.29 is 9.47 Å². The van der Waals surface area contributed by atoms with Gasteiger partial charge in [-0.3, -0.25) is 4.99 Å². The predicted octanol–water partition coefficient (Wildman–Crippen LogP) is 2.98. The molecular weight excluding hydrogens is 349 g/mol. The Kier molecular flexibility index (Phi) is 7.16. The van der Waals surface area contributed by atoms with Crippen molar-refractivity contribution in [1.82, 2.24) is 5.32 Å². The second-order valence-corrected chi connectivity index (χ2v) is 7.06. The van der Waals surface area contributed by atoms with E-state index in [1.54, 1.807) is 13.2 Å². The van der Waals surface area contributed by atoms with E-state index in [2.05, 4.69) is 10.3 Å². The number of nitrogens with two attached hydrogens (primary N) is 1. The molecule has 2 rings (SSSR count). The van der Waals surface area contributed by atoms with Crippen LogP contribution in [-0.2, 0) is 14.9 Å². The van der Waals surface area contributed by atoms with E-state index < -0.39 is 0 Å². The van der Waals surface area contributed by atoms with Gasteiger partial charge >= 0.3 is 0 Å². The molecule has 1 unspecified atom stereocenters. The standard InChI is InChI=1S/C17H25Cl2N3O2/c1-12(10-23-2)22-16(20)21-11-17(5-7-24-8-6-17)14-4-3-13(18)9-15(14)19/h3-4,9,12H,5-8,10-11H2,1-2H3,(H3,20,21,22). The first-order chi connectivity index (χ1) is 11.5. The van der Waals surface area contributed by atoms with Gasteiger partial charge in [0.15, 0.2) is 5.96 Å². The van der Waals surface area contributed by atoms with Crippen molar-refractivity contribution in [3.63, 3.8) is 0 Å². The SMILES string of the molecule is COCC(C)NC(N)=NCC1(c2ccc(Cl)cc2Cl)CCOCC1. The number of nitrogens with zero attached hydrogens (tertiary/aromatic N) is 1. The highest BCUT2D eigenvalue weighted by atomic mass is 35.5. The van der Waals surface area contributed by atoms with Crippen LogP contribution in [0.1, 0.15) is 25.3 Å². The van der Waals surface area contributed by atoms with Crippen LogP contribution in [0.4, 0.5) is 0 Å². The van der Waals surface area contributed by atoms with Gasteiger partial charge in [-0.2, -0.15) is 0 Å². The fourth-order valence-corrected chi connectivity index (χ4v) is 3.63. The summed E-state index contributed by atoms with van der Waals surface area (Å²) in [5, 5.41) is 4.42. The van der Waals surface area contributed by atoms with E-state index in [9.17, 15) is 0 Å². The Morgan fingerprint density at radius 2 is 2.12 bits per heavy atom. The minimum atomic E-state index is -0.184. The second kappa shape index (κ2) is 8.90. The minimum absolute atomic E-state index is 0.100. The van der Waals surface area contributed by atoms with Crippen molar-refractivity contribution in [1.29, 1.82) is 0 Å². The number of rotatable bonds is 6. The van der Waals surface area contributed by atoms with Crippen LogP contribution in [-0.4, -0.2) is 45.5 Å². The topological polar surface area (TPSA) is 68.9 Å². The molecule has 1 fully saturated rings. The zero-order valence-corrected chi connectivity index (χ0v) is 15.7. The van der Waals surface area contributed by atoms with Gasteiger partial charge in [0.25, 0.3) is 0 Å². The number of benzene rings is 1. The number of halogens is 2. The third kappa shape index (κ3) is 4.99. The molecule has 0 amide bonds. The summed E-state index contributed by atoms with van der Waals surface area (Å²) in [6, 6.07) is 5.74. The van der Waals surface area contributed by atoms with Gasteiger partial charge in [0.05, 0.1) is 13.2 Å². The molecule has 0 saturated carbocycles. The quantitative estimate of drug-likeness (QED) is 0.593. The molecule has 3 N–H and O–H groups in total. The molecule has 0 radical (unpaired) electrons. The number of guanidine groups is 1. The van der Waals surface area contributed by atoms with Crippen LogP contribution in [0.15, 0.2) is 23.2 Å². The van der Waals surface area contributed by atoms with Gasteiger partial charge in [0, 0.05) is 41.8 Å². The molecule has 1 aliphatic rings. The summed E-state index contributed by atoms with van der Waals surface area (Å²) in [4.78, 5) is 4.56. The van der Waals surface area contributed by atoms with Gasteiger partial charge in [-0.15, -0.1) is 0 Å². The number of aliphatic imine (C=N–C) groups is 1. The fraction of sp³-hybridized carbons (Fsp3) is 0.588. The molecule has 1 aromatic rings. The summed E-state index contributed by atoms with van der Waals surface area (Å²) in [5.41, 5.74) is 6.89. The largest absolute Gasteiger partial charge is 0.383 e. The van der Waals surface area contributed by atoms with Crippen molar-refractivity contribution in [3.05, 3.63) is 33.8 Å². The molecule has 1 aromatic carbocycles. The Labute approximate surface area is 153 Å². The monoisotopic (exact) mass is 373 g/mol. The molecule has 1 aliphatic heterocycles. The summed E-state index contributed by atoms with van der Waals surface area (Å²) in [6.07, 6.45) is 1.69. The van der Waals surface area contributed by atoms with E-state index in [-0.39, 0.29) is 11.5 Å². The van der Waals surface area contributed by atoms with Crippen LogP contribution in [0.3, 0.4) is 0 Å². The van der Waals surface area contributed by atoms with Crippen LogP contribution in [0.5, 0.6) is 0 Å². The Balaban J connectivity index is 2.19. The van der Waals surface area contributed by atoms with Gasteiger partial charge in [-0.05, 0) is 37.5 Å². The number of hydrogen-bond acceptors (Lipinski definition) is 3. The summed E-state index contributed by atoms with van der Waals surface area (Å²) < 4.78 is 10.6. The average molecular weight is 374 g/mol.